The normalized spacial score (nSPS) is 27.1. The van der Waals surface area contributed by atoms with Crippen LogP contribution in [0.15, 0.2) is 24.3 Å². The van der Waals surface area contributed by atoms with Crippen molar-refractivity contribution in [1.82, 2.24) is 4.90 Å². The maximum absolute atomic E-state index is 13.8. The Morgan fingerprint density at radius 1 is 1.10 bits per heavy atom. The highest BCUT2D eigenvalue weighted by Gasteiger charge is 2.39. The van der Waals surface area contributed by atoms with Gasteiger partial charge in [0.25, 0.3) is 5.91 Å². The number of halogens is 1. The summed E-state index contributed by atoms with van der Waals surface area (Å²) in [6.07, 6.45) is 8.06. The number of piperidine rings is 1. The van der Waals surface area contributed by atoms with Gasteiger partial charge >= 0.3 is 0 Å². The molecule has 1 saturated heterocycles. The molecule has 2 amide bonds. The molecule has 0 radical (unpaired) electrons. The summed E-state index contributed by atoms with van der Waals surface area (Å²) in [5.74, 6) is 0.261. The fraction of sp³-hybridized carbons (Fsp3) is 0.583. The minimum Gasteiger partial charge on any atom is -0.366 e. The van der Waals surface area contributed by atoms with E-state index in [0.29, 0.717) is 17.3 Å². The molecule has 1 aliphatic carbocycles. The molecule has 6 heteroatoms. The van der Waals surface area contributed by atoms with Gasteiger partial charge in [0.1, 0.15) is 5.82 Å². The number of carbonyl (C=O) groups is 2. The van der Waals surface area contributed by atoms with E-state index in [9.17, 15) is 14.0 Å². The molecule has 1 aromatic carbocycles. The van der Waals surface area contributed by atoms with E-state index in [1.807, 2.05) is 0 Å². The molecular formula is C24H32FN3O2. The summed E-state index contributed by atoms with van der Waals surface area (Å²) in [7, 11) is 0. The van der Waals surface area contributed by atoms with Gasteiger partial charge in [-0.05, 0) is 68.6 Å². The Hall–Kier alpha value is -2.21. The van der Waals surface area contributed by atoms with Crippen LogP contribution in [0.2, 0.25) is 0 Å². The Kier molecular flexibility index (Phi) is 5.96. The number of nitrogens with two attached hydrogens (primary N) is 1. The SMILES string of the molecule is CC(C)C1CCC(N2CCC(N3C(=O)C(=CC(N)=O)c4cc(F)ccc43)CC2)CC1. The standard InChI is InChI=1S/C24H32FN3O2/c1-15(2)16-3-6-18(7-4-16)27-11-9-19(10-12-27)28-22-8-5-17(25)13-20(22)21(24(28)30)14-23(26)29/h5,8,13-16,18-19H,3-4,6-7,9-12H2,1-2H3,(H2,26,29). The van der Waals surface area contributed by atoms with Crippen molar-refractivity contribution in [3.05, 3.63) is 35.7 Å². The Bertz CT molecular complexity index is 850. The van der Waals surface area contributed by atoms with Crippen LogP contribution in [0, 0.1) is 17.7 Å². The van der Waals surface area contributed by atoms with Gasteiger partial charge in [-0.15, -0.1) is 0 Å². The topological polar surface area (TPSA) is 66.6 Å². The van der Waals surface area contributed by atoms with E-state index in [1.54, 1.807) is 11.0 Å². The van der Waals surface area contributed by atoms with E-state index in [2.05, 4.69) is 18.7 Å². The van der Waals surface area contributed by atoms with Crippen LogP contribution in [0.25, 0.3) is 5.57 Å². The summed E-state index contributed by atoms with van der Waals surface area (Å²) < 4.78 is 13.8. The van der Waals surface area contributed by atoms with Crippen molar-refractivity contribution in [2.45, 2.75) is 64.5 Å². The lowest BCUT2D eigenvalue weighted by Gasteiger charge is -2.43. The highest BCUT2D eigenvalue weighted by Crippen LogP contribution is 2.41. The summed E-state index contributed by atoms with van der Waals surface area (Å²) in [5.41, 5.74) is 6.65. The summed E-state index contributed by atoms with van der Waals surface area (Å²) in [5, 5.41) is 0. The number of benzene rings is 1. The number of primary amides is 1. The lowest BCUT2D eigenvalue weighted by Crippen LogP contribution is -2.49. The van der Waals surface area contributed by atoms with E-state index >= 15 is 0 Å². The first-order valence-electron chi connectivity index (χ1n) is 11.2. The molecular weight excluding hydrogens is 381 g/mol. The highest BCUT2D eigenvalue weighted by molar-refractivity contribution is 6.35. The third kappa shape index (κ3) is 4.02. The molecule has 2 N–H and O–H groups in total. The third-order valence-electron chi connectivity index (χ3n) is 7.31. The van der Waals surface area contributed by atoms with Crippen LogP contribution in [-0.2, 0) is 9.59 Å². The van der Waals surface area contributed by atoms with Gasteiger partial charge < -0.3 is 15.5 Å². The first kappa shape index (κ1) is 21.0. The zero-order valence-corrected chi connectivity index (χ0v) is 17.9. The fourth-order valence-corrected chi connectivity index (χ4v) is 5.58. The molecule has 0 atom stereocenters. The van der Waals surface area contributed by atoms with E-state index in [1.165, 1.54) is 37.8 Å². The predicted molar refractivity (Wildman–Crippen MR) is 116 cm³/mol. The smallest absolute Gasteiger partial charge is 0.259 e. The van der Waals surface area contributed by atoms with E-state index in [4.69, 9.17) is 5.73 Å². The molecule has 2 aliphatic heterocycles. The van der Waals surface area contributed by atoms with E-state index < -0.39 is 11.7 Å². The lowest BCUT2D eigenvalue weighted by atomic mass is 9.79. The van der Waals surface area contributed by atoms with E-state index in [-0.39, 0.29) is 17.5 Å². The number of nitrogens with zero attached hydrogens (tertiary/aromatic N) is 2. The number of rotatable bonds is 4. The van der Waals surface area contributed by atoms with Gasteiger partial charge in [0.2, 0.25) is 5.91 Å². The first-order chi connectivity index (χ1) is 14.3. The van der Waals surface area contributed by atoms with Crippen molar-refractivity contribution in [2.75, 3.05) is 18.0 Å². The van der Waals surface area contributed by atoms with Gasteiger partial charge in [-0.2, -0.15) is 0 Å². The fourth-order valence-electron chi connectivity index (χ4n) is 5.58. The maximum Gasteiger partial charge on any atom is 0.259 e. The van der Waals surface area contributed by atoms with Crippen molar-refractivity contribution < 1.29 is 14.0 Å². The zero-order chi connectivity index (χ0) is 21.4. The van der Waals surface area contributed by atoms with Crippen molar-refractivity contribution >= 4 is 23.1 Å². The summed E-state index contributed by atoms with van der Waals surface area (Å²) in [4.78, 5) is 28.9. The number of likely N-dealkylation sites (tertiary alicyclic amines) is 1. The second-order valence-corrected chi connectivity index (χ2v) is 9.38. The number of amides is 2. The molecule has 30 heavy (non-hydrogen) atoms. The van der Waals surface area contributed by atoms with E-state index in [0.717, 1.165) is 43.8 Å². The maximum atomic E-state index is 13.8. The van der Waals surface area contributed by atoms with Crippen molar-refractivity contribution in [2.24, 2.45) is 17.6 Å². The van der Waals surface area contributed by atoms with Gasteiger partial charge in [-0.1, -0.05) is 13.8 Å². The molecule has 4 rings (SSSR count). The minimum absolute atomic E-state index is 0.0590. The van der Waals surface area contributed by atoms with Crippen LogP contribution >= 0.6 is 0 Å². The van der Waals surface area contributed by atoms with Crippen LogP contribution in [0.5, 0.6) is 0 Å². The second kappa shape index (κ2) is 8.50. The first-order valence-corrected chi connectivity index (χ1v) is 11.2. The number of hydrogen-bond donors (Lipinski definition) is 1. The van der Waals surface area contributed by atoms with Gasteiger partial charge in [0.15, 0.2) is 0 Å². The van der Waals surface area contributed by atoms with Crippen LogP contribution in [0.4, 0.5) is 10.1 Å². The predicted octanol–water partition coefficient (Wildman–Crippen LogP) is 3.72. The van der Waals surface area contributed by atoms with Crippen LogP contribution in [0.1, 0.15) is 57.9 Å². The Labute approximate surface area is 178 Å². The van der Waals surface area contributed by atoms with Crippen molar-refractivity contribution in [1.29, 1.82) is 0 Å². The second-order valence-electron chi connectivity index (χ2n) is 9.38. The number of carbonyl (C=O) groups excluding carboxylic acids is 2. The molecule has 1 aromatic rings. The molecule has 1 saturated carbocycles. The molecule has 0 bridgehead atoms. The minimum atomic E-state index is -0.692. The van der Waals surface area contributed by atoms with Crippen molar-refractivity contribution in [3.63, 3.8) is 0 Å². The average Bonchev–Trinajstić information content (AvgIpc) is 2.99. The largest absolute Gasteiger partial charge is 0.366 e. The van der Waals surface area contributed by atoms with Crippen LogP contribution in [0.3, 0.4) is 0 Å². The molecule has 0 spiro atoms. The number of fused-ring (bicyclic) bond motifs is 1. The molecule has 162 valence electrons. The number of anilines is 1. The summed E-state index contributed by atoms with van der Waals surface area (Å²) in [6, 6.07) is 5.05. The lowest BCUT2D eigenvalue weighted by molar-refractivity contribution is -0.115. The molecule has 0 unspecified atom stereocenters. The average molecular weight is 414 g/mol. The summed E-state index contributed by atoms with van der Waals surface area (Å²) >= 11 is 0. The molecule has 3 aliphatic rings. The van der Waals surface area contributed by atoms with Gasteiger partial charge in [-0.3, -0.25) is 9.59 Å². The Balaban J connectivity index is 1.45. The third-order valence-corrected chi connectivity index (χ3v) is 7.31. The Morgan fingerprint density at radius 2 is 1.77 bits per heavy atom. The monoisotopic (exact) mass is 413 g/mol. The molecule has 2 fully saturated rings. The zero-order valence-electron chi connectivity index (χ0n) is 17.9. The number of hydrogen-bond acceptors (Lipinski definition) is 3. The van der Waals surface area contributed by atoms with Gasteiger partial charge in [0.05, 0.1) is 11.3 Å². The Morgan fingerprint density at radius 3 is 2.37 bits per heavy atom. The van der Waals surface area contributed by atoms with Crippen LogP contribution in [-0.4, -0.2) is 41.9 Å². The van der Waals surface area contributed by atoms with Crippen LogP contribution < -0.4 is 10.6 Å². The summed E-state index contributed by atoms with van der Waals surface area (Å²) in [6.45, 7) is 6.59. The van der Waals surface area contributed by atoms with Crippen molar-refractivity contribution in [3.8, 4) is 0 Å². The van der Waals surface area contributed by atoms with Gasteiger partial charge in [0, 0.05) is 36.8 Å². The molecule has 0 aromatic heterocycles. The van der Waals surface area contributed by atoms with Gasteiger partial charge in [-0.25, -0.2) is 4.39 Å². The quantitative estimate of drug-likeness (QED) is 0.765. The highest BCUT2D eigenvalue weighted by atomic mass is 19.1. The molecule has 2 heterocycles. The molecule has 5 nitrogen and oxygen atoms in total.